The summed E-state index contributed by atoms with van der Waals surface area (Å²) in [6.45, 7) is -0.245. The number of aromatic nitrogens is 3. The maximum atomic E-state index is 10.7. The fourth-order valence-electron chi connectivity index (χ4n) is 1.87. The lowest BCUT2D eigenvalue weighted by Crippen LogP contribution is -2.13. The van der Waals surface area contributed by atoms with Gasteiger partial charge in [0.2, 0.25) is 0 Å². The number of nitrogens with one attached hydrogen (secondary N) is 1. The molecule has 0 unspecified atom stereocenters. The summed E-state index contributed by atoms with van der Waals surface area (Å²) >= 11 is 0. The Balaban J connectivity index is 2.12. The van der Waals surface area contributed by atoms with E-state index in [0.717, 1.165) is 5.56 Å². The van der Waals surface area contributed by atoms with Crippen molar-refractivity contribution in [1.82, 2.24) is 15.1 Å². The smallest absolute Gasteiger partial charge is 0.322 e. The molecule has 0 aliphatic heterocycles. The number of hydrogen-bond donors (Lipinski definition) is 2. The highest BCUT2D eigenvalue weighted by atomic mass is 16.5. The van der Waals surface area contributed by atoms with E-state index in [9.17, 15) is 4.79 Å². The monoisotopic (exact) mass is 270 g/mol. The highest BCUT2D eigenvalue weighted by Crippen LogP contribution is 2.30. The Morgan fingerprint density at radius 2 is 2.05 bits per heavy atom. The first-order valence-corrected chi connectivity index (χ1v) is 5.87. The predicted molar refractivity (Wildman–Crippen MR) is 71.2 cm³/mol. The van der Waals surface area contributed by atoms with Crippen LogP contribution in [0.3, 0.4) is 0 Å². The molecule has 0 bridgehead atoms. The van der Waals surface area contributed by atoms with E-state index >= 15 is 0 Å². The molecule has 0 radical (unpaired) electrons. The third-order valence-corrected chi connectivity index (χ3v) is 2.73. The van der Waals surface area contributed by atoms with Crippen LogP contribution in [0.2, 0.25) is 0 Å². The Labute approximate surface area is 113 Å². The summed E-state index contributed by atoms with van der Waals surface area (Å²) in [6, 6.07) is 9.41. The van der Waals surface area contributed by atoms with Crippen LogP contribution < -0.4 is 5.32 Å². The topological polar surface area (TPSA) is 101 Å². The maximum absolute atomic E-state index is 10.7. The summed E-state index contributed by atoms with van der Waals surface area (Å²) in [4.78, 5) is 18.7. The number of rotatable bonds is 4. The number of benzene rings is 1. The lowest BCUT2D eigenvalue weighted by atomic mass is 10.1. The Kier molecular flexibility index (Phi) is 3.00. The Morgan fingerprint density at radius 3 is 2.80 bits per heavy atom. The highest BCUT2D eigenvalue weighted by molar-refractivity contribution is 5.98. The molecule has 100 valence electrons. The fourth-order valence-corrected chi connectivity index (χ4v) is 1.87. The van der Waals surface area contributed by atoms with E-state index in [1.54, 1.807) is 0 Å². The minimum atomic E-state index is -0.977. The van der Waals surface area contributed by atoms with Gasteiger partial charge in [0.1, 0.15) is 29.8 Å². The van der Waals surface area contributed by atoms with Gasteiger partial charge in [0, 0.05) is 5.56 Å². The molecular formula is C13H10N4O3. The van der Waals surface area contributed by atoms with E-state index < -0.39 is 5.97 Å². The van der Waals surface area contributed by atoms with Gasteiger partial charge in [-0.1, -0.05) is 35.5 Å². The van der Waals surface area contributed by atoms with Gasteiger partial charge in [-0.3, -0.25) is 4.79 Å². The summed E-state index contributed by atoms with van der Waals surface area (Å²) in [5, 5.41) is 16.0. The van der Waals surface area contributed by atoms with Gasteiger partial charge in [-0.05, 0) is 0 Å². The molecule has 0 fully saturated rings. The van der Waals surface area contributed by atoms with Crippen LogP contribution in [0.15, 0.2) is 41.2 Å². The summed E-state index contributed by atoms with van der Waals surface area (Å²) in [7, 11) is 0. The number of aliphatic carboxylic acids is 1. The number of carboxylic acids is 1. The van der Waals surface area contributed by atoms with Gasteiger partial charge >= 0.3 is 5.97 Å². The summed E-state index contributed by atoms with van der Waals surface area (Å²) in [5.74, 6) is -0.591. The van der Waals surface area contributed by atoms with Crippen molar-refractivity contribution < 1.29 is 14.4 Å². The molecule has 0 atom stereocenters. The van der Waals surface area contributed by atoms with Gasteiger partial charge in [0.05, 0.1) is 0 Å². The molecule has 0 aliphatic rings. The van der Waals surface area contributed by atoms with Gasteiger partial charge in [-0.25, -0.2) is 4.98 Å². The molecule has 2 N–H and O–H groups in total. The van der Waals surface area contributed by atoms with Crippen molar-refractivity contribution in [1.29, 1.82) is 0 Å². The van der Waals surface area contributed by atoms with E-state index in [0.29, 0.717) is 22.6 Å². The molecule has 7 nitrogen and oxygen atoms in total. The number of hydrogen-bond acceptors (Lipinski definition) is 6. The average molecular weight is 270 g/mol. The standard InChI is InChI=1S/C13H10N4O3/c18-9(19)6-14-12-10-11(8-4-2-1-3-5-8)17-20-13(10)16-7-15-12/h1-5,7H,6H2,(H,18,19)(H,14,15,16). The molecule has 0 saturated heterocycles. The van der Waals surface area contributed by atoms with Crippen LogP contribution in [0.25, 0.3) is 22.4 Å². The van der Waals surface area contributed by atoms with Gasteiger partial charge in [0.15, 0.2) is 0 Å². The Hall–Kier alpha value is -2.96. The zero-order valence-corrected chi connectivity index (χ0v) is 10.3. The fraction of sp³-hybridized carbons (Fsp3) is 0.0769. The Bertz CT molecular complexity index is 755. The van der Waals surface area contributed by atoms with E-state index in [1.807, 2.05) is 30.3 Å². The quantitative estimate of drug-likeness (QED) is 0.745. The molecule has 20 heavy (non-hydrogen) atoms. The average Bonchev–Trinajstić information content (AvgIpc) is 2.90. The van der Waals surface area contributed by atoms with Crippen molar-refractivity contribution >= 4 is 22.9 Å². The van der Waals surface area contributed by atoms with Crippen molar-refractivity contribution in [2.45, 2.75) is 0 Å². The minimum absolute atomic E-state index is 0.245. The van der Waals surface area contributed by atoms with Gasteiger partial charge in [0.25, 0.3) is 5.71 Å². The zero-order valence-electron chi connectivity index (χ0n) is 10.3. The number of anilines is 1. The first-order chi connectivity index (χ1) is 9.75. The van der Waals surface area contributed by atoms with Crippen molar-refractivity contribution in [3.05, 3.63) is 36.7 Å². The second-order valence-electron chi connectivity index (χ2n) is 4.05. The summed E-state index contributed by atoms with van der Waals surface area (Å²) in [6.07, 6.45) is 1.30. The number of carbonyl (C=O) groups is 1. The van der Waals surface area contributed by atoms with E-state index in [1.165, 1.54) is 6.33 Å². The van der Waals surface area contributed by atoms with Crippen LogP contribution in [0.4, 0.5) is 5.82 Å². The number of carboxylic acid groups (broad SMARTS) is 1. The van der Waals surface area contributed by atoms with Gasteiger partial charge < -0.3 is 14.9 Å². The molecule has 2 aromatic heterocycles. The Morgan fingerprint density at radius 1 is 1.25 bits per heavy atom. The van der Waals surface area contributed by atoms with Crippen molar-refractivity contribution in [2.75, 3.05) is 11.9 Å². The molecule has 0 aliphatic carbocycles. The third-order valence-electron chi connectivity index (χ3n) is 2.73. The molecule has 3 rings (SSSR count). The second-order valence-corrected chi connectivity index (χ2v) is 4.05. The minimum Gasteiger partial charge on any atom is -0.480 e. The summed E-state index contributed by atoms with van der Waals surface area (Å²) in [5.41, 5.74) is 1.74. The van der Waals surface area contributed by atoms with Crippen LogP contribution in [-0.2, 0) is 4.79 Å². The predicted octanol–water partition coefficient (Wildman–Crippen LogP) is 1.78. The molecule has 0 saturated carbocycles. The van der Waals surface area contributed by atoms with Crippen LogP contribution in [0.1, 0.15) is 0 Å². The third kappa shape index (κ3) is 2.16. The first-order valence-electron chi connectivity index (χ1n) is 5.87. The van der Waals surface area contributed by atoms with Gasteiger partial charge in [-0.2, -0.15) is 4.98 Å². The molecule has 1 aromatic carbocycles. The van der Waals surface area contributed by atoms with Crippen LogP contribution in [0.5, 0.6) is 0 Å². The molecule has 7 heteroatoms. The summed E-state index contributed by atoms with van der Waals surface area (Å²) < 4.78 is 5.16. The zero-order chi connectivity index (χ0) is 13.9. The second kappa shape index (κ2) is 4.96. The van der Waals surface area contributed by atoms with Crippen molar-refractivity contribution in [2.24, 2.45) is 0 Å². The molecule has 2 heterocycles. The van der Waals surface area contributed by atoms with E-state index in [2.05, 4.69) is 20.4 Å². The van der Waals surface area contributed by atoms with Gasteiger partial charge in [-0.15, -0.1) is 0 Å². The van der Waals surface area contributed by atoms with Crippen LogP contribution in [-0.4, -0.2) is 32.7 Å². The van der Waals surface area contributed by atoms with E-state index in [4.69, 9.17) is 9.63 Å². The maximum Gasteiger partial charge on any atom is 0.322 e. The van der Waals surface area contributed by atoms with Crippen molar-refractivity contribution in [3.8, 4) is 11.3 Å². The molecular weight excluding hydrogens is 260 g/mol. The van der Waals surface area contributed by atoms with Crippen LogP contribution in [0, 0.1) is 0 Å². The highest BCUT2D eigenvalue weighted by Gasteiger charge is 2.16. The van der Waals surface area contributed by atoms with E-state index in [-0.39, 0.29) is 6.54 Å². The lowest BCUT2D eigenvalue weighted by Gasteiger charge is -2.03. The largest absolute Gasteiger partial charge is 0.480 e. The SMILES string of the molecule is O=C(O)CNc1ncnc2onc(-c3ccccc3)c12. The molecule has 3 aromatic rings. The lowest BCUT2D eigenvalue weighted by molar-refractivity contribution is -0.134. The number of nitrogens with zero attached hydrogens (tertiary/aromatic N) is 3. The number of fused-ring (bicyclic) bond motifs is 1. The normalized spacial score (nSPS) is 10.6. The molecule has 0 amide bonds. The first kappa shape index (κ1) is 12.1. The van der Waals surface area contributed by atoms with Crippen LogP contribution >= 0.6 is 0 Å². The van der Waals surface area contributed by atoms with Crippen molar-refractivity contribution in [3.63, 3.8) is 0 Å². The molecule has 0 spiro atoms.